The molecule has 0 saturated heterocycles. The van der Waals surface area contributed by atoms with E-state index in [0.717, 1.165) is 20.7 Å². The van der Waals surface area contributed by atoms with E-state index in [9.17, 15) is 4.79 Å². The zero-order chi connectivity index (χ0) is 18.4. The Bertz CT molecular complexity index is 863. The van der Waals surface area contributed by atoms with Crippen LogP contribution in [0.25, 0.3) is 11.4 Å². The van der Waals surface area contributed by atoms with Crippen LogP contribution < -0.4 is 10.1 Å². The molecule has 10 heteroatoms. The third-order valence-corrected chi connectivity index (χ3v) is 5.34. The topological polar surface area (TPSA) is 103 Å². The summed E-state index contributed by atoms with van der Waals surface area (Å²) in [6.45, 7) is 0.373. The molecule has 0 fully saturated rings. The third kappa shape index (κ3) is 4.79. The second-order valence-electron chi connectivity index (χ2n) is 5.18. The molecule has 0 aliphatic rings. The Morgan fingerprint density at radius 1 is 1.31 bits per heavy atom. The standard InChI is InChI=1S/C16H17N5O3S2/c1-23-11-5-3-10(4-6-11)15-18-13(24-21-15)8-7-12(22)17-9-14-19-20-16(25-2)26-14/h3-6H,7-9H2,1-2H3,(H,17,22). The third-order valence-electron chi connectivity index (χ3n) is 3.44. The molecule has 2 aromatic heterocycles. The summed E-state index contributed by atoms with van der Waals surface area (Å²) in [7, 11) is 1.61. The van der Waals surface area contributed by atoms with E-state index in [1.54, 1.807) is 7.11 Å². The SMILES string of the molecule is COc1ccc(-c2noc(CCC(=O)NCc3nnc(SC)s3)n2)cc1. The van der Waals surface area contributed by atoms with Crippen molar-refractivity contribution in [3.8, 4) is 17.1 Å². The number of nitrogens with zero attached hydrogens (tertiary/aromatic N) is 4. The number of amides is 1. The summed E-state index contributed by atoms with van der Waals surface area (Å²) in [4.78, 5) is 16.3. The van der Waals surface area contributed by atoms with Gasteiger partial charge in [-0.25, -0.2) is 0 Å². The van der Waals surface area contributed by atoms with Crippen molar-refractivity contribution in [2.24, 2.45) is 0 Å². The summed E-state index contributed by atoms with van der Waals surface area (Å²) in [6.07, 6.45) is 2.58. The van der Waals surface area contributed by atoms with Gasteiger partial charge in [-0.2, -0.15) is 4.98 Å². The summed E-state index contributed by atoms with van der Waals surface area (Å²) in [5.74, 6) is 1.57. The van der Waals surface area contributed by atoms with Crippen LogP contribution >= 0.6 is 23.1 Å². The maximum Gasteiger partial charge on any atom is 0.227 e. The van der Waals surface area contributed by atoms with E-state index < -0.39 is 0 Å². The van der Waals surface area contributed by atoms with Gasteiger partial charge in [0.15, 0.2) is 4.34 Å². The van der Waals surface area contributed by atoms with Gasteiger partial charge < -0.3 is 14.6 Å². The maximum absolute atomic E-state index is 11.9. The molecule has 3 rings (SSSR count). The second-order valence-corrected chi connectivity index (χ2v) is 7.30. The molecule has 3 aromatic rings. The van der Waals surface area contributed by atoms with Gasteiger partial charge in [0.2, 0.25) is 17.6 Å². The fourth-order valence-electron chi connectivity index (χ4n) is 2.09. The Morgan fingerprint density at radius 2 is 2.12 bits per heavy atom. The van der Waals surface area contributed by atoms with Crippen molar-refractivity contribution in [2.45, 2.75) is 23.7 Å². The van der Waals surface area contributed by atoms with Crippen molar-refractivity contribution < 1.29 is 14.1 Å². The molecule has 1 N–H and O–H groups in total. The van der Waals surface area contributed by atoms with E-state index in [0.29, 0.717) is 24.7 Å². The van der Waals surface area contributed by atoms with Crippen molar-refractivity contribution in [1.82, 2.24) is 25.7 Å². The zero-order valence-electron chi connectivity index (χ0n) is 14.3. The van der Waals surface area contributed by atoms with Crippen molar-refractivity contribution in [3.05, 3.63) is 35.2 Å². The molecule has 136 valence electrons. The highest BCUT2D eigenvalue weighted by Gasteiger charge is 2.11. The largest absolute Gasteiger partial charge is 0.497 e. The lowest BCUT2D eigenvalue weighted by molar-refractivity contribution is -0.121. The van der Waals surface area contributed by atoms with Crippen LogP contribution in [-0.2, 0) is 17.8 Å². The van der Waals surface area contributed by atoms with E-state index in [-0.39, 0.29) is 12.3 Å². The molecule has 1 aromatic carbocycles. The van der Waals surface area contributed by atoms with Crippen LogP contribution in [0.1, 0.15) is 17.3 Å². The number of rotatable bonds is 8. The summed E-state index contributed by atoms with van der Waals surface area (Å²) < 4.78 is 11.2. The van der Waals surface area contributed by atoms with Crippen LogP contribution in [0.2, 0.25) is 0 Å². The van der Waals surface area contributed by atoms with E-state index in [1.165, 1.54) is 23.1 Å². The number of aromatic nitrogens is 4. The van der Waals surface area contributed by atoms with Gasteiger partial charge in [0, 0.05) is 18.4 Å². The molecule has 1 amide bonds. The summed E-state index contributed by atoms with van der Waals surface area (Å²) in [6, 6.07) is 7.36. The number of carbonyl (C=O) groups excluding carboxylic acids is 1. The second kappa shape index (κ2) is 8.77. The fourth-order valence-corrected chi connectivity index (χ4v) is 3.34. The van der Waals surface area contributed by atoms with Crippen molar-refractivity contribution >= 4 is 29.0 Å². The first kappa shape index (κ1) is 18.3. The summed E-state index contributed by atoms with van der Waals surface area (Å²) >= 11 is 3.00. The lowest BCUT2D eigenvalue weighted by atomic mass is 10.2. The van der Waals surface area contributed by atoms with E-state index in [1.807, 2.05) is 30.5 Å². The number of benzene rings is 1. The molecule has 0 saturated carbocycles. The molecule has 0 aliphatic carbocycles. The monoisotopic (exact) mass is 391 g/mol. The van der Waals surface area contributed by atoms with Gasteiger partial charge >= 0.3 is 0 Å². The van der Waals surface area contributed by atoms with Gasteiger partial charge in [0.1, 0.15) is 10.8 Å². The highest BCUT2D eigenvalue weighted by molar-refractivity contribution is 8.00. The first-order valence-electron chi connectivity index (χ1n) is 7.78. The Hall–Kier alpha value is -2.46. The minimum absolute atomic E-state index is 0.102. The minimum Gasteiger partial charge on any atom is -0.497 e. The number of aryl methyl sites for hydroxylation is 1. The molecule has 2 heterocycles. The van der Waals surface area contributed by atoms with Crippen LogP contribution in [0.5, 0.6) is 5.75 Å². The molecular weight excluding hydrogens is 374 g/mol. The van der Waals surface area contributed by atoms with E-state index in [4.69, 9.17) is 9.26 Å². The molecule has 0 unspecified atom stereocenters. The molecule has 0 radical (unpaired) electrons. The van der Waals surface area contributed by atoms with Gasteiger partial charge in [-0.1, -0.05) is 28.3 Å². The van der Waals surface area contributed by atoms with Gasteiger partial charge in [-0.15, -0.1) is 10.2 Å². The normalized spacial score (nSPS) is 10.7. The van der Waals surface area contributed by atoms with Gasteiger partial charge in [0.05, 0.1) is 13.7 Å². The van der Waals surface area contributed by atoms with Crippen molar-refractivity contribution in [1.29, 1.82) is 0 Å². The lowest BCUT2D eigenvalue weighted by Gasteiger charge is -2.00. The molecule has 0 atom stereocenters. The molecular formula is C16H17N5O3S2. The highest BCUT2D eigenvalue weighted by Crippen LogP contribution is 2.20. The van der Waals surface area contributed by atoms with Crippen molar-refractivity contribution in [2.75, 3.05) is 13.4 Å². The predicted molar refractivity (Wildman–Crippen MR) is 98.1 cm³/mol. The summed E-state index contributed by atoms with van der Waals surface area (Å²) in [5, 5.41) is 15.5. The fraction of sp³-hybridized carbons (Fsp3) is 0.312. The van der Waals surface area contributed by atoms with Crippen LogP contribution in [0.15, 0.2) is 33.1 Å². The number of carbonyl (C=O) groups is 1. The number of nitrogens with one attached hydrogen (secondary N) is 1. The average Bonchev–Trinajstić information content (AvgIpc) is 3.34. The first-order valence-corrected chi connectivity index (χ1v) is 9.82. The van der Waals surface area contributed by atoms with Gasteiger partial charge in [-0.3, -0.25) is 4.79 Å². The number of ether oxygens (including phenoxy) is 1. The Labute approximate surface area is 158 Å². The van der Waals surface area contributed by atoms with Crippen LogP contribution in [0, 0.1) is 0 Å². The molecule has 0 aliphatic heterocycles. The maximum atomic E-state index is 11.9. The van der Waals surface area contributed by atoms with Gasteiger partial charge in [0.25, 0.3) is 0 Å². The minimum atomic E-state index is -0.102. The molecule has 26 heavy (non-hydrogen) atoms. The smallest absolute Gasteiger partial charge is 0.227 e. The van der Waals surface area contributed by atoms with Crippen LogP contribution in [0.3, 0.4) is 0 Å². The number of hydrogen-bond acceptors (Lipinski definition) is 9. The first-order chi connectivity index (χ1) is 12.7. The van der Waals surface area contributed by atoms with E-state index >= 15 is 0 Å². The van der Waals surface area contributed by atoms with Gasteiger partial charge in [-0.05, 0) is 30.5 Å². The number of thioether (sulfide) groups is 1. The zero-order valence-corrected chi connectivity index (χ0v) is 15.9. The Kier molecular flexibility index (Phi) is 6.18. The molecule has 0 bridgehead atoms. The summed E-state index contributed by atoms with van der Waals surface area (Å²) in [5.41, 5.74) is 0.825. The highest BCUT2D eigenvalue weighted by atomic mass is 32.2. The van der Waals surface area contributed by atoms with Crippen LogP contribution in [0.4, 0.5) is 0 Å². The lowest BCUT2D eigenvalue weighted by Crippen LogP contribution is -2.23. The predicted octanol–water partition coefficient (Wildman–Crippen LogP) is 2.57. The average molecular weight is 391 g/mol. The van der Waals surface area contributed by atoms with E-state index in [2.05, 4.69) is 25.7 Å². The Balaban J connectivity index is 1.48. The number of methoxy groups -OCH3 is 1. The Morgan fingerprint density at radius 3 is 2.81 bits per heavy atom. The molecule has 0 spiro atoms. The quantitative estimate of drug-likeness (QED) is 0.585. The van der Waals surface area contributed by atoms with Crippen LogP contribution in [-0.4, -0.2) is 39.6 Å². The van der Waals surface area contributed by atoms with Crippen molar-refractivity contribution in [3.63, 3.8) is 0 Å². The molecule has 8 nitrogen and oxygen atoms in total. The number of hydrogen-bond donors (Lipinski definition) is 1.